The number of hydrogen-bond donors (Lipinski definition) is 4. The standard InChI is InChI=1S/C18H35N7.CH5N/c1-4-14-9-5-6-10-15(14)23(19)13(2)22-18-24(20)16-11-7-8-12-17(16)25(18)21-3;1-2/h14-17,21H,2,4-12,19-20H2,1,3H3;2H2,1H3/b22-18+;/t14-,15?,16?,17-;/m0./s1. The van der Waals surface area contributed by atoms with E-state index < -0.39 is 0 Å². The number of aliphatic imine (C=N–C) groups is 1. The Morgan fingerprint density at radius 3 is 2.37 bits per heavy atom. The van der Waals surface area contributed by atoms with E-state index in [1.165, 1.54) is 39.2 Å². The smallest absolute Gasteiger partial charge is 0.233 e. The number of rotatable bonds is 5. The summed E-state index contributed by atoms with van der Waals surface area (Å²) in [6, 6.07) is 1.02. The van der Waals surface area contributed by atoms with Gasteiger partial charge in [0, 0.05) is 13.1 Å². The van der Waals surface area contributed by atoms with Crippen LogP contribution >= 0.6 is 0 Å². The van der Waals surface area contributed by atoms with Gasteiger partial charge in [-0.1, -0.05) is 45.6 Å². The molecule has 2 saturated carbocycles. The van der Waals surface area contributed by atoms with E-state index in [0.29, 0.717) is 29.9 Å². The van der Waals surface area contributed by atoms with Crippen molar-refractivity contribution in [3.8, 4) is 0 Å². The average Bonchev–Trinajstić information content (AvgIpc) is 3.00. The summed E-state index contributed by atoms with van der Waals surface area (Å²) in [7, 11) is 3.43. The van der Waals surface area contributed by atoms with Crippen molar-refractivity contribution in [2.75, 3.05) is 14.1 Å². The number of hydrazine groups is 3. The summed E-state index contributed by atoms with van der Waals surface area (Å²) in [5.41, 5.74) is 7.77. The van der Waals surface area contributed by atoms with Crippen LogP contribution < -0.4 is 22.8 Å². The van der Waals surface area contributed by atoms with E-state index in [9.17, 15) is 0 Å². The second kappa shape index (κ2) is 10.3. The molecule has 1 saturated heterocycles. The lowest BCUT2D eigenvalue weighted by Crippen LogP contribution is -2.48. The molecule has 0 bridgehead atoms. The van der Waals surface area contributed by atoms with E-state index in [1.54, 1.807) is 5.01 Å². The van der Waals surface area contributed by atoms with Crippen LogP contribution in [0, 0.1) is 5.92 Å². The molecular formula is C19H40N8. The lowest BCUT2D eigenvalue weighted by Gasteiger charge is -2.38. The molecule has 0 aromatic carbocycles. The van der Waals surface area contributed by atoms with E-state index in [0.717, 1.165) is 31.6 Å². The molecule has 8 heteroatoms. The molecule has 27 heavy (non-hydrogen) atoms. The maximum Gasteiger partial charge on any atom is 0.233 e. The molecule has 3 fully saturated rings. The highest BCUT2D eigenvalue weighted by molar-refractivity contribution is 5.83. The van der Waals surface area contributed by atoms with Gasteiger partial charge in [0.15, 0.2) is 0 Å². The zero-order chi connectivity index (χ0) is 20.0. The summed E-state index contributed by atoms with van der Waals surface area (Å²) in [5.74, 6) is 14.8. The van der Waals surface area contributed by atoms with E-state index in [1.807, 2.05) is 12.1 Å². The van der Waals surface area contributed by atoms with Crippen molar-refractivity contribution in [1.29, 1.82) is 0 Å². The second-order valence-electron chi connectivity index (χ2n) is 7.68. The third-order valence-corrected chi connectivity index (χ3v) is 6.35. The zero-order valence-corrected chi connectivity index (χ0v) is 17.4. The van der Waals surface area contributed by atoms with E-state index >= 15 is 0 Å². The predicted octanol–water partition coefficient (Wildman–Crippen LogP) is 1.47. The van der Waals surface area contributed by atoms with Crippen molar-refractivity contribution in [3.63, 3.8) is 0 Å². The Kier molecular flexibility index (Phi) is 8.34. The van der Waals surface area contributed by atoms with Crippen LogP contribution in [-0.4, -0.2) is 53.2 Å². The van der Waals surface area contributed by atoms with Crippen LogP contribution in [0.1, 0.15) is 64.7 Å². The first-order valence-corrected chi connectivity index (χ1v) is 10.5. The molecule has 0 aromatic rings. The lowest BCUT2D eigenvalue weighted by molar-refractivity contribution is 0.133. The van der Waals surface area contributed by atoms with Crippen molar-refractivity contribution in [3.05, 3.63) is 12.4 Å². The fourth-order valence-corrected chi connectivity index (χ4v) is 4.91. The van der Waals surface area contributed by atoms with Crippen molar-refractivity contribution in [2.45, 2.75) is 82.8 Å². The van der Waals surface area contributed by atoms with Crippen molar-refractivity contribution in [1.82, 2.24) is 20.5 Å². The van der Waals surface area contributed by atoms with Gasteiger partial charge in [0.25, 0.3) is 0 Å². The first kappa shape index (κ1) is 21.9. The summed E-state index contributed by atoms with van der Waals surface area (Å²) >= 11 is 0. The van der Waals surface area contributed by atoms with E-state index in [-0.39, 0.29) is 0 Å². The average molecular weight is 381 g/mol. The molecule has 4 atom stereocenters. The number of fused-ring (bicyclic) bond motifs is 1. The molecule has 3 rings (SSSR count). The number of hydrogen-bond acceptors (Lipinski definition) is 6. The minimum absolute atomic E-state index is 0.317. The SMILES string of the molecule is C=C(/N=C1\N(N)C2CCCC[C@@H]2N1NC)N(N)C1CCCC[C@@H]1CC.CN. The number of nitrogens with one attached hydrogen (secondary N) is 1. The van der Waals surface area contributed by atoms with Gasteiger partial charge in [-0.3, -0.25) is 15.0 Å². The Hall–Kier alpha value is -1.35. The van der Waals surface area contributed by atoms with Gasteiger partial charge in [-0.15, -0.1) is 0 Å². The third-order valence-electron chi connectivity index (χ3n) is 6.35. The monoisotopic (exact) mass is 380 g/mol. The Labute approximate surface area is 164 Å². The largest absolute Gasteiger partial charge is 0.333 e. The second-order valence-corrected chi connectivity index (χ2v) is 7.68. The molecule has 0 spiro atoms. The summed E-state index contributed by atoms with van der Waals surface area (Å²) < 4.78 is 0. The fraction of sp³-hybridized carbons (Fsp3) is 0.842. The Bertz CT molecular complexity index is 508. The fourth-order valence-electron chi connectivity index (χ4n) is 4.91. The molecule has 0 radical (unpaired) electrons. The summed E-state index contributed by atoms with van der Waals surface area (Å²) in [5, 5.41) is 5.71. The highest BCUT2D eigenvalue weighted by Crippen LogP contribution is 2.33. The van der Waals surface area contributed by atoms with Crippen LogP contribution in [0.3, 0.4) is 0 Å². The molecule has 1 aliphatic heterocycles. The Morgan fingerprint density at radius 2 is 1.74 bits per heavy atom. The maximum atomic E-state index is 6.44. The predicted molar refractivity (Wildman–Crippen MR) is 112 cm³/mol. The van der Waals surface area contributed by atoms with Gasteiger partial charge in [-0.05, 0) is 38.6 Å². The lowest BCUT2D eigenvalue weighted by atomic mass is 9.82. The molecule has 2 aliphatic carbocycles. The topological polar surface area (TPSA) is 112 Å². The first-order valence-electron chi connectivity index (χ1n) is 10.5. The minimum Gasteiger partial charge on any atom is -0.333 e. The third kappa shape index (κ3) is 4.56. The molecule has 3 aliphatic rings. The van der Waals surface area contributed by atoms with Gasteiger partial charge < -0.3 is 5.73 Å². The van der Waals surface area contributed by atoms with Crippen molar-refractivity contribution < 1.29 is 0 Å². The molecule has 8 nitrogen and oxygen atoms in total. The van der Waals surface area contributed by atoms with Gasteiger partial charge in [0.2, 0.25) is 5.96 Å². The van der Waals surface area contributed by atoms with E-state index in [2.05, 4.69) is 29.7 Å². The molecule has 0 aromatic heterocycles. The molecule has 156 valence electrons. The Morgan fingerprint density at radius 1 is 1.15 bits per heavy atom. The van der Waals surface area contributed by atoms with E-state index in [4.69, 9.17) is 16.7 Å². The number of guanidine groups is 1. The van der Waals surface area contributed by atoms with Gasteiger partial charge >= 0.3 is 0 Å². The summed E-state index contributed by atoms with van der Waals surface area (Å²) in [6.45, 7) is 6.41. The van der Waals surface area contributed by atoms with Crippen LogP contribution in [0.5, 0.6) is 0 Å². The maximum absolute atomic E-state index is 6.44. The quantitative estimate of drug-likeness (QED) is 0.422. The summed E-state index contributed by atoms with van der Waals surface area (Å²) in [4.78, 5) is 4.76. The van der Waals surface area contributed by atoms with Crippen LogP contribution in [0.2, 0.25) is 0 Å². The molecule has 1 heterocycles. The van der Waals surface area contributed by atoms with Crippen LogP contribution in [0.25, 0.3) is 0 Å². The van der Waals surface area contributed by atoms with Gasteiger partial charge in [0.05, 0.1) is 12.1 Å². The molecular weight excluding hydrogens is 340 g/mol. The van der Waals surface area contributed by atoms with Crippen LogP contribution in [0.15, 0.2) is 17.4 Å². The van der Waals surface area contributed by atoms with Crippen LogP contribution in [-0.2, 0) is 0 Å². The zero-order valence-electron chi connectivity index (χ0n) is 17.4. The van der Waals surface area contributed by atoms with Gasteiger partial charge in [-0.2, -0.15) is 4.99 Å². The first-order chi connectivity index (χ1) is 13.1. The molecule has 0 amide bonds. The summed E-state index contributed by atoms with van der Waals surface area (Å²) in [6.07, 6.45) is 10.8. The highest BCUT2D eigenvalue weighted by Gasteiger charge is 2.44. The normalized spacial score (nSPS) is 32.0. The van der Waals surface area contributed by atoms with Gasteiger partial charge in [0.1, 0.15) is 5.82 Å². The number of nitrogens with two attached hydrogens (primary N) is 3. The minimum atomic E-state index is 0.317. The molecule has 7 N–H and O–H groups in total. The van der Waals surface area contributed by atoms with Crippen LogP contribution in [0.4, 0.5) is 0 Å². The van der Waals surface area contributed by atoms with Crippen molar-refractivity contribution in [2.24, 2.45) is 28.3 Å². The highest BCUT2D eigenvalue weighted by atomic mass is 15.7. The Balaban J connectivity index is 0.00000126. The van der Waals surface area contributed by atoms with Crippen molar-refractivity contribution >= 4 is 5.96 Å². The molecule has 2 unspecified atom stereocenters. The van der Waals surface area contributed by atoms with Gasteiger partial charge in [-0.25, -0.2) is 17.1 Å². The number of nitrogens with zero attached hydrogens (tertiary/aromatic N) is 4.